The molecule has 14 heavy (non-hydrogen) atoms. The molecule has 0 unspecified atom stereocenters. The average Bonchev–Trinajstić information content (AvgIpc) is 2.70. The molecular formula is C11H18N2O. The van der Waals surface area contributed by atoms with E-state index < -0.39 is 0 Å². The zero-order chi connectivity index (χ0) is 9.80. The molecule has 0 aromatic carbocycles. The van der Waals surface area contributed by atoms with Crippen LogP contribution < -0.4 is 5.32 Å². The fraction of sp³-hybridized carbons (Fsp3) is 0.636. The first-order valence-corrected chi connectivity index (χ1v) is 5.38. The Labute approximate surface area is 84.5 Å². The van der Waals surface area contributed by atoms with Crippen molar-refractivity contribution in [3.05, 3.63) is 24.0 Å². The molecule has 0 radical (unpaired) electrons. The zero-order valence-corrected chi connectivity index (χ0v) is 8.37. The Morgan fingerprint density at radius 2 is 2.14 bits per heavy atom. The van der Waals surface area contributed by atoms with Gasteiger partial charge in [0.1, 0.15) is 0 Å². The highest BCUT2D eigenvalue weighted by Crippen LogP contribution is 2.18. The molecule has 78 valence electrons. The van der Waals surface area contributed by atoms with E-state index in [-0.39, 0.29) is 6.10 Å². The monoisotopic (exact) mass is 194 g/mol. The van der Waals surface area contributed by atoms with Crippen LogP contribution in [0.1, 0.15) is 31.2 Å². The molecule has 1 aromatic rings. The van der Waals surface area contributed by atoms with Gasteiger partial charge in [-0.3, -0.25) is 0 Å². The second-order valence-electron chi connectivity index (χ2n) is 4.11. The maximum Gasteiger partial charge on any atom is 0.0541 e. The molecule has 3 N–H and O–H groups in total. The Hall–Kier alpha value is -0.800. The van der Waals surface area contributed by atoms with Gasteiger partial charge in [-0.05, 0) is 37.3 Å². The van der Waals surface area contributed by atoms with Gasteiger partial charge in [0.15, 0.2) is 0 Å². The number of rotatable bonds is 3. The molecule has 3 nitrogen and oxygen atoms in total. The van der Waals surface area contributed by atoms with Gasteiger partial charge in [0, 0.05) is 25.0 Å². The highest BCUT2D eigenvalue weighted by Gasteiger charge is 2.18. The summed E-state index contributed by atoms with van der Waals surface area (Å²) >= 11 is 0. The van der Waals surface area contributed by atoms with Gasteiger partial charge in [-0.2, -0.15) is 0 Å². The lowest BCUT2D eigenvalue weighted by Crippen LogP contribution is -2.34. The van der Waals surface area contributed by atoms with Crippen molar-refractivity contribution in [3.8, 4) is 0 Å². The first kappa shape index (κ1) is 9.74. The van der Waals surface area contributed by atoms with Crippen LogP contribution in [0.25, 0.3) is 0 Å². The quantitative estimate of drug-likeness (QED) is 0.681. The standard InChI is InChI=1S/C11H18N2O/c14-11-3-1-10(2-4-11)13-8-9-5-6-12-7-9/h5-7,10-14H,1-4,8H2. The maximum absolute atomic E-state index is 9.35. The van der Waals surface area contributed by atoms with E-state index in [1.165, 1.54) is 5.56 Å². The molecule has 0 atom stereocenters. The average molecular weight is 194 g/mol. The highest BCUT2D eigenvalue weighted by molar-refractivity contribution is 5.07. The van der Waals surface area contributed by atoms with Crippen molar-refractivity contribution in [1.29, 1.82) is 0 Å². The maximum atomic E-state index is 9.35. The van der Waals surface area contributed by atoms with E-state index in [1.54, 1.807) is 0 Å². The molecule has 3 heteroatoms. The minimum Gasteiger partial charge on any atom is -0.393 e. The Morgan fingerprint density at radius 1 is 1.36 bits per heavy atom. The Kier molecular flexibility index (Phi) is 3.22. The summed E-state index contributed by atoms with van der Waals surface area (Å²) in [5, 5.41) is 12.9. The van der Waals surface area contributed by atoms with Crippen molar-refractivity contribution in [1.82, 2.24) is 10.3 Å². The van der Waals surface area contributed by atoms with E-state index in [2.05, 4.69) is 16.4 Å². The fourth-order valence-corrected chi connectivity index (χ4v) is 2.01. The number of H-pyrrole nitrogens is 1. The lowest BCUT2D eigenvalue weighted by Gasteiger charge is -2.26. The largest absolute Gasteiger partial charge is 0.393 e. The Bertz CT molecular complexity index is 250. The van der Waals surface area contributed by atoms with E-state index in [1.807, 2.05) is 12.4 Å². The SMILES string of the molecule is OC1CCC(NCc2cc[nH]c2)CC1. The van der Waals surface area contributed by atoms with Crippen molar-refractivity contribution >= 4 is 0 Å². The number of nitrogens with one attached hydrogen (secondary N) is 2. The molecule has 1 heterocycles. The van der Waals surface area contributed by atoms with E-state index in [9.17, 15) is 5.11 Å². The zero-order valence-electron chi connectivity index (χ0n) is 8.37. The minimum atomic E-state index is -0.0553. The number of hydrogen-bond donors (Lipinski definition) is 3. The first-order chi connectivity index (χ1) is 6.84. The van der Waals surface area contributed by atoms with Gasteiger partial charge in [-0.1, -0.05) is 0 Å². The van der Waals surface area contributed by atoms with Crippen LogP contribution in [0.4, 0.5) is 0 Å². The molecular weight excluding hydrogens is 176 g/mol. The summed E-state index contributed by atoms with van der Waals surface area (Å²) in [6, 6.07) is 2.68. The normalized spacial score (nSPS) is 27.8. The van der Waals surface area contributed by atoms with Crippen molar-refractivity contribution in [2.24, 2.45) is 0 Å². The molecule has 0 bridgehead atoms. The molecule has 1 fully saturated rings. The predicted octanol–water partition coefficient (Wildman–Crippen LogP) is 1.41. The van der Waals surface area contributed by atoms with Crippen LogP contribution in [0.5, 0.6) is 0 Å². The lowest BCUT2D eigenvalue weighted by molar-refractivity contribution is 0.116. The van der Waals surface area contributed by atoms with Crippen LogP contribution in [0, 0.1) is 0 Å². The van der Waals surface area contributed by atoms with Gasteiger partial charge in [0.2, 0.25) is 0 Å². The summed E-state index contributed by atoms with van der Waals surface area (Å²) < 4.78 is 0. The molecule has 0 saturated heterocycles. The molecule has 1 aromatic heterocycles. The topological polar surface area (TPSA) is 48.0 Å². The number of aromatic amines is 1. The van der Waals surface area contributed by atoms with E-state index >= 15 is 0 Å². The predicted molar refractivity (Wildman–Crippen MR) is 55.9 cm³/mol. The number of aromatic nitrogens is 1. The molecule has 0 spiro atoms. The molecule has 0 aliphatic heterocycles. The summed E-state index contributed by atoms with van der Waals surface area (Å²) in [5.74, 6) is 0. The van der Waals surface area contributed by atoms with Crippen molar-refractivity contribution in [2.75, 3.05) is 0 Å². The van der Waals surface area contributed by atoms with Crippen LogP contribution in [0.15, 0.2) is 18.5 Å². The van der Waals surface area contributed by atoms with E-state index in [0.717, 1.165) is 32.2 Å². The van der Waals surface area contributed by atoms with Gasteiger partial charge in [-0.15, -0.1) is 0 Å². The van der Waals surface area contributed by atoms with Crippen molar-refractivity contribution < 1.29 is 5.11 Å². The van der Waals surface area contributed by atoms with E-state index in [0.29, 0.717) is 6.04 Å². The second-order valence-corrected chi connectivity index (χ2v) is 4.11. The Morgan fingerprint density at radius 3 is 2.79 bits per heavy atom. The lowest BCUT2D eigenvalue weighted by atomic mass is 9.93. The third kappa shape index (κ3) is 2.59. The third-order valence-electron chi connectivity index (χ3n) is 2.95. The molecule has 1 aliphatic carbocycles. The van der Waals surface area contributed by atoms with Gasteiger partial charge in [-0.25, -0.2) is 0 Å². The summed E-state index contributed by atoms with van der Waals surface area (Å²) in [6.45, 7) is 0.935. The molecule has 1 aliphatic rings. The smallest absolute Gasteiger partial charge is 0.0541 e. The Balaban J connectivity index is 1.71. The van der Waals surface area contributed by atoms with Crippen molar-refractivity contribution in [3.63, 3.8) is 0 Å². The summed E-state index contributed by atoms with van der Waals surface area (Å²) in [5.41, 5.74) is 1.30. The van der Waals surface area contributed by atoms with Gasteiger partial charge in [0.25, 0.3) is 0 Å². The van der Waals surface area contributed by atoms with Crippen LogP contribution >= 0.6 is 0 Å². The van der Waals surface area contributed by atoms with Crippen LogP contribution in [-0.4, -0.2) is 22.2 Å². The van der Waals surface area contributed by atoms with Crippen LogP contribution in [0.3, 0.4) is 0 Å². The molecule has 2 rings (SSSR count). The molecule has 0 amide bonds. The van der Waals surface area contributed by atoms with Crippen LogP contribution in [0.2, 0.25) is 0 Å². The molecule has 1 saturated carbocycles. The van der Waals surface area contributed by atoms with Gasteiger partial charge < -0.3 is 15.4 Å². The van der Waals surface area contributed by atoms with Gasteiger partial charge >= 0.3 is 0 Å². The highest BCUT2D eigenvalue weighted by atomic mass is 16.3. The minimum absolute atomic E-state index is 0.0553. The summed E-state index contributed by atoms with van der Waals surface area (Å²) in [6.07, 6.45) is 8.01. The van der Waals surface area contributed by atoms with Crippen LogP contribution in [-0.2, 0) is 6.54 Å². The summed E-state index contributed by atoms with van der Waals surface area (Å²) in [7, 11) is 0. The number of aliphatic hydroxyl groups excluding tert-OH is 1. The van der Waals surface area contributed by atoms with E-state index in [4.69, 9.17) is 0 Å². The van der Waals surface area contributed by atoms with Gasteiger partial charge in [0.05, 0.1) is 6.10 Å². The fourth-order valence-electron chi connectivity index (χ4n) is 2.01. The second kappa shape index (κ2) is 4.62. The summed E-state index contributed by atoms with van der Waals surface area (Å²) in [4.78, 5) is 3.04. The van der Waals surface area contributed by atoms with Crippen molar-refractivity contribution in [2.45, 2.75) is 44.4 Å². The number of hydrogen-bond acceptors (Lipinski definition) is 2. The third-order valence-corrected chi connectivity index (χ3v) is 2.95. The number of aliphatic hydroxyl groups is 1. The first-order valence-electron chi connectivity index (χ1n) is 5.38.